The molecule has 5 aromatic rings. The molecule has 0 unspecified atom stereocenters. The van der Waals surface area contributed by atoms with Gasteiger partial charge >= 0.3 is 0 Å². The zero-order valence-corrected chi connectivity index (χ0v) is 33.7. The summed E-state index contributed by atoms with van der Waals surface area (Å²) in [5, 5.41) is 19.2. The van der Waals surface area contributed by atoms with Crippen molar-refractivity contribution in [3.8, 4) is 0 Å². The molecule has 0 aliphatic rings. The molecule has 0 fully saturated rings. The number of hydroxylamine groups is 2. The van der Waals surface area contributed by atoms with Crippen LogP contribution in [0.15, 0.2) is 75.8 Å². The third kappa shape index (κ3) is 10.2. The topological polar surface area (TPSA) is 96.3 Å². The molecule has 0 radical (unpaired) electrons. The summed E-state index contributed by atoms with van der Waals surface area (Å²) in [6.07, 6.45) is 4.33. The van der Waals surface area contributed by atoms with Crippen LogP contribution in [0.4, 0.5) is 33.8 Å². The number of azo groups is 1. The average Bonchev–Trinajstić information content (AvgIpc) is 3.52. The summed E-state index contributed by atoms with van der Waals surface area (Å²) in [5.74, 6) is 2.05. The van der Waals surface area contributed by atoms with Crippen molar-refractivity contribution in [1.29, 1.82) is 0 Å². The van der Waals surface area contributed by atoms with E-state index in [0.717, 1.165) is 82.2 Å². The summed E-state index contributed by atoms with van der Waals surface area (Å²) in [6, 6.07) is 20.9. The number of unbranched alkanes of at least 4 members (excludes halogenated alkanes) is 2. The lowest BCUT2D eigenvalue weighted by atomic mass is 9.98. The van der Waals surface area contributed by atoms with Gasteiger partial charge in [-0.1, -0.05) is 102 Å². The van der Waals surface area contributed by atoms with Gasteiger partial charge in [0.05, 0.1) is 22.3 Å². The smallest absolute Gasteiger partial charge is 0.231 e. The van der Waals surface area contributed by atoms with Crippen molar-refractivity contribution >= 4 is 67.4 Å². The van der Waals surface area contributed by atoms with Crippen molar-refractivity contribution in [2.75, 3.05) is 23.7 Å². The SMILES string of the molecule is CCCCN(CCCC)OOSc1ccc2sc(N=Nc3c(C)cc(Nc4c(C)cccc4C(C)C)nc3Nc3c(C)cccc3C(C)C)nc2c1. The highest BCUT2D eigenvalue weighted by molar-refractivity contribution is 7.94. The van der Waals surface area contributed by atoms with Crippen LogP contribution in [0.5, 0.6) is 0 Å². The second kappa shape index (κ2) is 18.8. The minimum absolute atomic E-state index is 0.319. The first-order chi connectivity index (χ1) is 25.1. The van der Waals surface area contributed by atoms with Gasteiger partial charge in [-0.15, -0.1) is 19.6 Å². The Kier molecular flexibility index (Phi) is 14.2. The number of nitrogens with zero attached hydrogens (tertiary/aromatic N) is 5. The molecule has 2 N–H and O–H groups in total. The Hall–Kier alpha value is -3.87. The van der Waals surface area contributed by atoms with Gasteiger partial charge in [0.15, 0.2) is 5.82 Å². The summed E-state index contributed by atoms with van der Waals surface area (Å²) in [4.78, 5) is 16.5. The molecule has 276 valence electrons. The Morgan fingerprint density at radius 3 is 2.02 bits per heavy atom. The van der Waals surface area contributed by atoms with E-state index in [1.807, 2.05) is 36.3 Å². The minimum Gasteiger partial charge on any atom is -0.340 e. The van der Waals surface area contributed by atoms with E-state index in [4.69, 9.17) is 24.4 Å². The number of aromatic nitrogens is 2. The van der Waals surface area contributed by atoms with Crippen LogP contribution in [0, 0.1) is 20.8 Å². The van der Waals surface area contributed by atoms with Crippen LogP contribution in [-0.4, -0.2) is 28.1 Å². The van der Waals surface area contributed by atoms with E-state index < -0.39 is 0 Å². The van der Waals surface area contributed by atoms with Crippen molar-refractivity contribution in [2.24, 2.45) is 10.2 Å². The van der Waals surface area contributed by atoms with E-state index in [9.17, 15) is 0 Å². The summed E-state index contributed by atoms with van der Waals surface area (Å²) in [7, 11) is 0. The largest absolute Gasteiger partial charge is 0.340 e. The van der Waals surface area contributed by atoms with Crippen LogP contribution in [0.3, 0.4) is 0 Å². The number of hydrogen-bond donors (Lipinski definition) is 2. The number of anilines is 4. The molecule has 11 heteroatoms. The van der Waals surface area contributed by atoms with Gasteiger partial charge in [0.1, 0.15) is 11.5 Å². The van der Waals surface area contributed by atoms with Crippen LogP contribution in [-0.2, 0) is 9.32 Å². The zero-order valence-electron chi connectivity index (χ0n) is 32.0. The van der Waals surface area contributed by atoms with E-state index in [-0.39, 0.29) is 0 Å². The Labute approximate surface area is 317 Å². The van der Waals surface area contributed by atoms with Gasteiger partial charge < -0.3 is 10.6 Å². The predicted molar refractivity (Wildman–Crippen MR) is 219 cm³/mol. The monoisotopic (exact) mass is 739 g/mol. The van der Waals surface area contributed by atoms with E-state index in [2.05, 4.69) is 108 Å². The third-order valence-electron chi connectivity index (χ3n) is 8.91. The van der Waals surface area contributed by atoms with Crippen molar-refractivity contribution in [3.63, 3.8) is 0 Å². The number of pyridine rings is 1. The highest BCUT2D eigenvalue weighted by Gasteiger charge is 2.18. The number of aryl methyl sites for hydroxylation is 3. The van der Waals surface area contributed by atoms with E-state index in [1.165, 1.54) is 40.1 Å². The highest BCUT2D eigenvalue weighted by atomic mass is 32.2. The number of benzene rings is 3. The molecular formula is C41H53N7O2S2. The van der Waals surface area contributed by atoms with Gasteiger partial charge in [-0.05, 0) is 97.5 Å². The molecule has 0 bridgehead atoms. The fraction of sp³-hybridized carbons (Fsp3) is 0.415. The first-order valence-electron chi connectivity index (χ1n) is 18.4. The molecular weight excluding hydrogens is 687 g/mol. The Balaban J connectivity index is 1.43. The molecule has 2 heterocycles. The number of fused-ring (bicyclic) bond motifs is 1. The molecule has 0 spiro atoms. The Morgan fingerprint density at radius 1 is 0.769 bits per heavy atom. The lowest BCUT2D eigenvalue weighted by Gasteiger charge is -2.20. The second-order valence-corrected chi connectivity index (χ2v) is 15.6. The van der Waals surface area contributed by atoms with Crippen LogP contribution < -0.4 is 10.6 Å². The van der Waals surface area contributed by atoms with Crippen molar-refractivity contribution < 1.29 is 9.32 Å². The normalized spacial score (nSPS) is 11.9. The number of rotatable bonds is 18. The van der Waals surface area contributed by atoms with Gasteiger partial charge in [0.25, 0.3) is 0 Å². The molecule has 3 aromatic carbocycles. The summed E-state index contributed by atoms with van der Waals surface area (Å²) < 4.78 is 6.59. The predicted octanol–water partition coefficient (Wildman–Crippen LogP) is 13.5. The van der Waals surface area contributed by atoms with Crippen molar-refractivity contribution in [3.05, 3.63) is 88.5 Å². The highest BCUT2D eigenvalue weighted by Crippen LogP contribution is 2.39. The Morgan fingerprint density at radius 2 is 1.40 bits per heavy atom. The molecule has 0 saturated carbocycles. The number of nitrogens with one attached hydrogen (secondary N) is 2. The lowest BCUT2D eigenvalue weighted by Crippen LogP contribution is -2.25. The third-order valence-corrected chi connectivity index (χ3v) is 10.4. The molecule has 0 saturated heterocycles. The molecule has 5 rings (SSSR count). The van der Waals surface area contributed by atoms with Crippen molar-refractivity contribution in [2.45, 2.75) is 105 Å². The molecule has 52 heavy (non-hydrogen) atoms. The number of hydrogen-bond acceptors (Lipinski definition) is 11. The minimum atomic E-state index is 0.319. The van der Waals surface area contributed by atoms with Crippen LogP contribution >= 0.6 is 23.4 Å². The molecule has 0 aliphatic heterocycles. The van der Waals surface area contributed by atoms with Crippen LogP contribution in [0.2, 0.25) is 0 Å². The average molecular weight is 740 g/mol. The summed E-state index contributed by atoms with van der Waals surface area (Å²) >= 11 is 2.68. The quantitative estimate of drug-likeness (QED) is 0.0397. The second-order valence-electron chi connectivity index (χ2n) is 13.8. The maximum absolute atomic E-state index is 5.64. The summed E-state index contributed by atoms with van der Waals surface area (Å²) in [6.45, 7) is 21.2. The van der Waals surface area contributed by atoms with Gasteiger partial charge in [-0.2, -0.15) is 5.06 Å². The molecule has 9 nitrogen and oxygen atoms in total. The standard InChI is InChI=1S/C41H53N7O2S2/c1-10-12-22-48(23-13-11-2)49-50-52-31-20-21-35-34(25-31)42-41(51-35)47-46-39-30(9)24-36(43-37-28(7)16-14-18-32(37)26(3)4)44-40(39)45-38-29(8)17-15-19-33(38)27(5)6/h14-21,24-27H,10-13,22-23H2,1-9H3,(H2,43,44,45). The molecule has 0 amide bonds. The maximum atomic E-state index is 5.64. The molecule has 2 aromatic heterocycles. The fourth-order valence-electron chi connectivity index (χ4n) is 5.91. The number of para-hydroxylation sites is 2. The van der Waals surface area contributed by atoms with Gasteiger partial charge in [-0.25, -0.2) is 9.97 Å². The molecule has 0 aliphatic carbocycles. The molecule has 0 atom stereocenters. The fourth-order valence-corrected chi connectivity index (χ4v) is 7.16. The zero-order chi connectivity index (χ0) is 37.2. The van der Waals surface area contributed by atoms with Crippen LogP contribution in [0.1, 0.15) is 107 Å². The van der Waals surface area contributed by atoms with Crippen LogP contribution in [0.25, 0.3) is 10.2 Å². The first-order valence-corrected chi connectivity index (χ1v) is 20.0. The van der Waals surface area contributed by atoms with Gasteiger partial charge in [0, 0.05) is 29.4 Å². The maximum Gasteiger partial charge on any atom is 0.231 e. The first kappa shape index (κ1) is 39.3. The van der Waals surface area contributed by atoms with Gasteiger partial charge in [0.2, 0.25) is 5.13 Å². The number of thiazole rings is 1. The van der Waals surface area contributed by atoms with E-state index >= 15 is 0 Å². The van der Waals surface area contributed by atoms with Crippen molar-refractivity contribution in [1.82, 2.24) is 15.0 Å². The summed E-state index contributed by atoms with van der Waals surface area (Å²) in [5.41, 5.74) is 9.31. The van der Waals surface area contributed by atoms with E-state index in [1.54, 1.807) is 0 Å². The van der Waals surface area contributed by atoms with Gasteiger partial charge in [-0.3, -0.25) is 0 Å². The van der Waals surface area contributed by atoms with E-state index in [0.29, 0.717) is 28.5 Å². The lowest BCUT2D eigenvalue weighted by molar-refractivity contribution is -0.360. The Bertz CT molecular complexity index is 1970.